The highest BCUT2D eigenvalue weighted by molar-refractivity contribution is 7.80. The third-order valence-corrected chi connectivity index (χ3v) is 5.54. The summed E-state index contributed by atoms with van der Waals surface area (Å²) in [6.45, 7) is 4.11. The lowest BCUT2D eigenvalue weighted by molar-refractivity contribution is -0.110. The monoisotopic (exact) mass is 390 g/mol. The predicted octanol–water partition coefficient (Wildman–Crippen LogP) is 4.27. The summed E-state index contributed by atoms with van der Waals surface area (Å²) in [5, 5.41) is 5.83. The number of hydrogen-bond acceptors (Lipinski definition) is 4. The molecule has 0 aliphatic carbocycles. The molecular formula is C23H22N2O2S. The lowest BCUT2D eigenvalue weighted by atomic mass is 9.97. The van der Waals surface area contributed by atoms with Crippen molar-refractivity contribution < 1.29 is 4.79 Å². The lowest BCUT2D eigenvalue weighted by Gasteiger charge is -2.20. The first-order chi connectivity index (χ1) is 13.5. The lowest BCUT2D eigenvalue weighted by Crippen LogP contribution is -2.27. The van der Waals surface area contributed by atoms with Crippen LogP contribution in [0.25, 0.3) is 10.8 Å². The van der Waals surface area contributed by atoms with Crippen molar-refractivity contribution in [1.82, 2.24) is 4.57 Å². The summed E-state index contributed by atoms with van der Waals surface area (Å²) in [5.41, 5.74) is 3.47. The highest BCUT2D eigenvalue weighted by Crippen LogP contribution is 2.33. The minimum Gasteiger partial charge on any atom is -0.381 e. The number of carbonyl (C=O) groups excluding carboxylic acids is 1. The molecule has 0 amide bonds. The Kier molecular flexibility index (Phi) is 4.85. The van der Waals surface area contributed by atoms with Crippen molar-refractivity contribution in [3.05, 3.63) is 75.7 Å². The molecule has 142 valence electrons. The van der Waals surface area contributed by atoms with Crippen LogP contribution in [0.15, 0.2) is 53.3 Å². The van der Waals surface area contributed by atoms with Crippen molar-refractivity contribution in [2.24, 2.45) is 0 Å². The van der Waals surface area contributed by atoms with E-state index < -0.39 is 6.04 Å². The maximum Gasteiger partial charge on any atom is 0.252 e. The number of rotatable bonds is 5. The second-order valence-corrected chi connectivity index (χ2v) is 8.04. The van der Waals surface area contributed by atoms with E-state index in [1.807, 2.05) is 18.2 Å². The summed E-state index contributed by atoms with van der Waals surface area (Å²) < 4.78 is 1.55. The molecule has 0 bridgehead atoms. The molecule has 3 aromatic rings. The molecule has 1 atom stereocenters. The number of anilines is 1. The number of benzene rings is 2. The van der Waals surface area contributed by atoms with Gasteiger partial charge in [0.05, 0.1) is 17.4 Å². The average Bonchev–Trinajstić information content (AvgIpc) is 3.02. The standard InChI is InChI=1S/C23H22N2O2S/c1-14(2)24-22-17(10-16-8-5-7-15-6-3-4-9-19(15)16)11-21(27)25-18(13-26)12-20(28)23(22)25/h3-9,11,13-14,18,24H,10,12H2,1-2H3. The molecule has 0 radical (unpaired) electrons. The van der Waals surface area contributed by atoms with Gasteiger partial charge in [0.25, 0.3) is 5.56 Å². The van der Waals surface area contributed by atoms with E-state index in [9.17, 15) is 9.59 Å². The molecule has 5 heteroatoms. The Morgan fingerprint density at radius 3 is 2.68 bits per heavy atom. The minimum absolute atomic E-state index is 0.170. The molecule has 1 aliphatic rings. The number of carbonyl (C=O) groups is 1. The first-order valence-corrected chi connectivity index (χ1v) is 9.90. The Hall–Kier alpha value is -2.79. The molecule has 1 N–H and O–H groups in total. The number of fused-ring (bicyclic) bond motifs is 2. The van der Waals surface area contributed by atoms with Gasteiger partial charge in [-0.15, -0.1) is 0 Å². The third-order valence-electron chi connectivity index (χ3n) is 5.18. The van der Waals surface area contributed by atoms with Crippen LogP contribution in [0.5, 0.6) is 0 Å². The van der Waals surface area contributed by atoms with E-state index in [0.29, 0.717) is 23.4 Å². The SMILES string of the molecule is CC(C)Nc1c(Cc2cccc3ccccc23)cc(=O)n2c1C(=S)CC2C=O. The number of aromatic nitrogens is 1. The molecule has 1 aliphatic heterocycles. The quantitative estimate of drug-likeness (QED) is 0.522. The summed E-state index contributed by atoms with van der Waals surface area (Å²) in [6.07, 6.45) is 1.85. The second kappa shape index (κ2) is 7.32. The van der Waals surface area contributed by atoms with Gasteiger partial charge in [0, 0.05) is 29.8 Å². The van der Waals surface area contributed by atoms with Crippen molar-refractivity contribution in [3.8, 4) is 0 Å². The molecule has 1 aromatic heterocycles. The third kappa shape index (κ3) is 3.16. The van der Waals surface area contributed by atoms with Crippen LogP contribution < -0.4 is 10.9 Å². The van der Waals surface area contributed by atoms with Gasteiger partial charge in [-0.2, -0.15) is 0 Å². The molecule has 0 saturated heterocycles. The number of nitrogens with one attached hydrogen (secondary N) is 1. The van der Waals surface area contributed by atoms with Crippen molar-refractivity contribution in [2.45, 2.75) is 38.8 Å². The highest BCUT2D eigenvalue weighted by atomic mass is 32.1. The van der Waals surface area contributed by atoms with Crippen LogP contribution in [0.4, 0.5) is 5.69 Å². The molecule has 28 heavy (non-hydrogen) atoms. The van der Waals surface area contributed by atoms with Crippen molar-refractivity contribution in [3.63, 3.8) is 0 Å². The molecule has 0 saturated carbocycles. The largest absolute Gasteiger partial charge is 0.381 e. The number of aldehydes is 1. The predicted molar refractivity (Wildman–Crippen MR) is 118 cm³/mol. The van der Waals surface area contributed by atoms with Crippen LogP contribution in [-0.4, -0.2) is 21.8 Å². The van der Waals surface area contributed by atoms with E-state index in [2.05, 4.69) is 43.4 Å². The van der Waals surface area contributed by atoms with Crippen LogP contribution in [-0.2, 0) is 11.2 Å². The summed E-state index contributed by atoms with van der Waals surface area (Å²) in [4.78, 5) is 25.0. The zero-order valence-electron chi connectivity index (χ0n) is 15.9. The van der Waals surface area contributed by atoms with Gasteiger partial charge in [-0.05, 0) is 35.7 Å². The Morgan fingerprint density at radius 2 is 1.93 bits per heavy atom. The van der Waals surface area contributed by atoms with Gasteiger partial charge in [-0.3, -0.25) is 9.36 Å². The molecule has 0 spiro atoms. The molecule has 0 fully saturated rings. The molecular weight excluding hydrogens is 368 g/mol. The smallest absolute Gasteiger partial charge is 0.252 e. The highest BCUT2D eigenvalue weighted by Gasteiger charge is 2.31. The second-order valence-electron chi connectivity index (χ2n) is 7.55. The van der Waals surface area contributed by atoms with E-state index in [0.717, 1.165) is 23.1 Å². The van der Waals surface area contributed by atoms with Crippen molar-refractivity contribution in [2.75, 3.05) is 5.32 Å². The van der Waals surface area contributed by atoms with Crippen LogP contribution in [0, 0.1) is 0 Å². The maximum atomic E-state index is 12.9. The van der Waals surface area contributed by atoms with E-state index in [-0.39, 0.29) is 11.6 Å². The Balaban J connectivity index is 1.91. The van der Waals surface area contributed by atoms with E-state index in [1.54, 1.807) is 10.6 Å². The average molecular weight is 391 g/mol. The summed E-state index contributed by atoms with van der Waals surface area (Å²) in [7, 11) is 0. The zero-order chi connectivity index (χ0) is 19.8. The Bertz CT molecular complexity index is 1140. The van der Waals surface area contributed by atoms with Crippen molar-refractivity contribution in [1.29, 1.82) is 0 Å². The Morgan fingerprint density at radius 1 is 1.18 bits per heavy atom. The molecule has 2 aromatic carbocycles. The van der Waals surface area contributed by atoms with Gasteiger partial charge in [0.15, 0.2) is 0 Å². The van der Waals surface area contributed by atoms with Gasteiger partial charge in [0.1, 0.15) is 6.29 Å². The summed E-state index contributed by atoms with van der Waals surface area (Å²) in [5.74, 6) is 0. The van der Waals surface area contributed by atoms with Crippen LogP contribution >= 0.6 is 12.2 Å². The minimum atomic E-state index is -0.505. The normalized spacial score (nSPS) is 15.8. The van der Waals surface area contributed by atoms with E-state index in [4.69, 9.17) is 12.2 Å². The summed E-state index contributed by atoms with van der Waals surface area (Å²) in [6, 6.07) is 15.8. The van der Waals surface area contributed by atoms with Gasteiger partial charge in [-0.25, -0.2) is 0 Å². The van der Waals surface area contributed by atoms with Gasteiger partial charge in [0.2, 0.25) is 0 Å². The molecule has 4 nitrogen and oxygen atoms in total. The fourth-order valence-corrected chi connectivity index (χ4v) is 4.38. The van der Waals surface area contributed by atoms with Crippen LogP contribution in [0.2, 0.25) is 0 Å². The first-order valence-electron chi connectivity index (χ1n) is 9.49. The number of hydrogen-bond donors (Lipinski definition) is 1. The first kappa shape index (κ1) is 18.6. The van der Waals surface area contributed by atoms with E-state index >= 15 is 0 Å². The zero-order valence-corrected chi connectivity index (χ0v) is 16.8. The summed E-state index contributed by atoms with van der Waals surface area (Å²) >= 11 is 5.56. The fourth-order valence-electron chi connectivity index (χ4n) is 4.00. The molecule has 1 unspecified atom stereocenters. The number of nitrogens with zero attached hydrogens (tertiary/aromatic N) is 1. The fraction of sp³-hybridized carbons (Fsp3) is 0.261. The van der Waals surface area contributed by atoms with Crippen LogP contribution in [0.1, 0.15) is 43.1 Å². The molecule has 4 rings (SSSR count). The van der Waals surface area contributed by atoms with Gasteiger partial charge >= 0.3 is 0 Å². The van der Waals surface area contributed by atoms with Gasteiger partial charge in [-0.1, -0.05) is 54.7 Å². The topological polar surface area (TPSA) is 51.1 Å². The Labute approximate surface area is 169 Å². The number of thiocarbonyl (C=S) groups is 1. The number of pyridine rings is 1. The van der Waals surface area contributed by atoms with E-state index in [1.165, 1.54) is 10.8 Å². The van der Waals surface area contributed by atoms with Crippen molar-refractivity contribution >= 4 is 39.8 Å². The molecule has 2 heterocycles. The van der Waals surface area contributed by atoms with Crippen LogP contribution in [0.3, 0.4) is 0 Å². The van der Waals surface area contributed by atoms with Gasteiger partial charge < -0.3 is 10.1 Å². The maximum absolute atomic E-state index is 12.9.